The van der Waals surface area contributed by atoms with Gasteiger partial charge in [-0.05, 0) is 54.7 Å². The van der Waals surface area contributed by atoms with E-state index in [1.807, 2.05) is 12.1 Å². The van der Waals surface area contributed by atoms with E-state index in [1.54, 1.807) is 34.3 Å². The van der Waals surface area contributed by atoms with E-state index in [-0.39, 0.29) is 23.1 Å². The first-order chi connectivity index (χ1) is 14.4. The number of carbonyl (C=O) groups is 1. The maximum Gasteiger partial charge on any atom is 0.223 e. The van der Waals surface area contributed by atoms with E-state index in [1.165, 1.54) is 14.0 Å². The second-order valence-corrected chi connectivity index (χ2v) is 7.21. The van der Waals surface area contributed by atoms with Gasteiger partial charge < -0.3 is 24.3 Å². The van der Waals surface area contributed by atoms with Crippen LogP contribution in [0.15, 0.2) is 23.0 Å². The van der Waals surface area contributed by atoms with Gasteiger partial charge in [0, 0.05) is 18.1 Å². The van der Waals surface area contributed by atoms with E-state index in [0.29, 0.717) is 35.7 Å². The Morgan fingerprint density at radius 1 is 0.967 bits per heavy atom. The number of aryl methyl sites for hydroxylation is 2. The molecule has 7 nitrogen and oxygen atoms in total. The highest BCUT2D eigenvalue weighted by Crippen LogP contribution is 2.50. The minimum atomic E-state index is -0.299. The zero-order chi connectivity index (χ0) is 22.0. The number of carbonyl (C=O) groups excluding carboxylic acids is 1. The molecule has 3 rings (SSSR count). The van der Waals surface area contributed by atoms with Crippen molar-refractivity contribution in [1.82, 2.24) is 5.32 Å². The molecule has 0 heterocycles. The van der Waals surface area contributed by atoms with Crippen LogP contribution in [0, 0.1) is 6.92 Å². The van der Waals surface area contributed by atoms with Gasteiger partial charge in [-0.25, -0.2) is 0 Å². The molecule has 2 aromatic carbocycles. The van der Waals surface area contributed by atoms with E-state index in [4.69, 9.17) is 18.9 Å². The molecule has 7 heteroatoms. The smallest absolute Gasteiger partial charge is 0.223 e. The fourth-order valence-electron chi connectivity index (χ4n) is 4.05. The Bertz CT molecular complexity index is 1050. The molecule has 2 aromatic rings. The molecule has 1 aliphatic carbocycles. The van der Waals surface area contributed by atoms with Crippen molar-refractivity contribution in [2.75, 3.05) is 28.4 Å². The largest absolute Gasteiger partial charge is 0.493 e. The first-order valence-corrected chi connectivity index (χ1v) is 9.68. The Kier molecular flexibility index (Phi) is 6.20. The van der Waals surface area contributed by atoms with Crippen LogP contribution in [-0.4, -0.2) is 34.3 Å². The Morgan fingerprint density at radius 3 is 2.20 bits per heavy atom. The Morgan fingerprint density at radius 2 is 1.63 bits per heavy atom. The number of benzene rings is 1. The number of rotatable bonds is 5. The first-order valence-electron chi connectivity index (χ1n) is 9.68. The lowest BCUT2D eigenvalue weighted by Crippen LogP contribution is -2.26. The topological polar surface area (TPSA) is 83.1 Å². The third-order valence-electron chi connectivity index (χ3n) is 5.40. The van der Waals surface area contributed by atoms with Crippen LogP contribution in [0.25, 0.3) is 11.1 Å². The fraction of sp³-hybridized carbons (Fsp3) is 0.391. The summed E-state index contributed by atoms with van der Waals surface area (Å²) in [6.07, 6.45) is 1.31. The summed E-state index contributed by atoms with van der Waals surface area (Å²) in [6, 6.07) is 5.17. The third-order valence-corrected chi connectivity index (χ3v) is 5.40. The van der Waals surface area contributed by atoms with E-state index < -0.39 is 0 Å². The highest BCUT2D eigenvalue weighted by atomic mass is 16.5. The number of hydrogen-bond acceptors (Lipinski definition) is 6. The van der Waals surface area contributed by atoms with Gasteiger partial charge in [0.2, 0.25) is 17.1 Å². The van der Waals surface area contributed by atoms with Crippen LogP contribution >= 0.6 is 0 Å². The van der Waals surface area contributed by atoms with Crippen molar-refractivity contribution in [2.45, 2.75) is 32.7 Å². The maximum atomic E-state index is 12.8. The highest BCUT2D eigenvalue weighted by molar-refractivity contribution is 5.84. The van der Waals surface area contributed by atoms with Gasteiger partial charge in [-0.1, -0.05) is 0 Å². The lowest BCUT2D eigenvalue weighted by atomic mass is 9.95. The average Bonchev–Trinajstić information content (AvgIpc) is 2.94. The fourth-order valence-corrected chi connectivity index (χ4v) is 4.05. The normalized spacial score (nSPS) is 14.7. The van der Waals surface area contributed by atoms with Gasteiger partial charge in [-0.15, -0.1) is 0 Å². The number of ether oxygens (including phenoxy) is 4. The van der Waals surface area contributed by atoms with E-state index >= 15 is 0 Å². The summed E-state index contributed by atoms with van der Waals surface area (Å²) in [7, 11) is 6.17. The summed E-state index contributed by atoms with van der Waals surface area (Å²) in [4.78, 5) is 24.7. The Labute approximate surface area is 175 Å². The van der Waals surface area contributed by atoms with Crippen molar-refractivity contribution in [3.05, 3.63) is 45.1 Å². The van der Waals surface area contributed by atoms with E-state index in [9.17, 15) is 9.59 Å². The molecule has 1 amide bonds. The number of fused-ring (bicyclic) bond motifs is 3. The molecule has 1 N–H and O–H groups in total. The summed E-state index contributed by atoms with van der Waals surface area (Å²) in [5, 5.41) is 3.01. The molecule has 1 aliphatic rings. The molecule has 1 unspecified atom stereocenters. The minimum absolute atomic E-state index is 0.149. The van der Waals surface area contributed by atoms with Crippen LogP contribution in [0.5, 0.6) is 23.0 Å². The molecule has 0 saturated heterocycles. The van der Waals surface area contributed by atoms with Crippen molar-refractivity contribution in [3.8, 4) is 34.1 Å². The van der Waals surface area contributed by atoms with Crippen LogP contribution < -0.4 is 29.7 Å². The zero-order valence-electron chi connectivity index (χ0n) is 18.2. The molecule has 30 heavy (non-hydrogen) atoms. The van der Waals surface area contributed by atoms with Crippen LogP contribution in [-0.2, 0) is 11.2 Å². The first kappa shape index (κ1) is 21.5. The van der Waals surface area contributed by atoms with Gasteiger partial charge >= 0.3 is 0 Å². The summed E-state index contributed by atoms with van der Waals surface area (Å²) in [5.41, 5.74) is 3.70. The summed E-state index contributed by atoms with van der Waals surface area (Å²) in [5.74, 6) is 1.64. The van der Waals surface area contributed by atoms with Crippen molar-refractivity contribution >= 4 is 5.91 Å². The quantitative estimate of drug-likeness (QED) is 0.811. The molecular weight excluding hydrogens is 386 g/mol. The predicted octanol–water partition coefficient (Wildman–Crippen LogP) is 3.18. The van der Waals surface area contributed by atoms with Crippen molar-refractivity contribution in [2.24, 2.45) is 0 Å². The minimum Gasteiger partial charge on any atom is -0.493 e. The molecule has 0 aliphatic heterocycles. The zero-order valence-corrected chi connectivity index (χ0v) is 18.2. The van der Waals surface area contributed by atoms with Crippen LogP contribution in [0.2, 0.25) is 0 Å². The van der Waals surface area contributed by atoms with E-state index in [0.717, 1.165) is 22.3 Å². The summed E-state index contributed by atoms with van der Waals surface area (Å²) < 4.78 is 22.2. The van der Waals surface area contributed by atoms with Gasteiger partial charge in [-0.2, -0.15) is 0 Å². The number of methoxy groups -OCH3 is 4. The standard InChI is InChI=1S/C23H27NO6/c1-12-9-16-15(11-18(27-3)21(12)26)17(24-13(2)25)8-7-14-10-19(28-4)22(29-5)23(30-6)20(14)16/h9-11,17H,7-8H2,1-6H3,(H,24,25). The molecule has 0 aromatic heterocycles. The highest BCUT2D eigenvalue weighted by Gasteiger charge is 2.30. The van der Waals surface area contributed by atoms with Crippen LogP contribution in [0.4, 0.5) is 0 Å². The monoisotopic (exact) mass is 413 g/mol. The molecule has 1 atom stereocenters. The van der Waals surface area contributed by atoms with Gasteiger partial charge in [0.15, 0.2) is 17.2 Å². The SMILES string of the molecule is COc1cc2c(c(OC)c1OC)-c1cc(C)c(=O)c(OC)cc1C(NC(C)=O)CC2. The molecule has 0 spiro atoms. The summed E-state index contributed by atoms with van der Waals surface area (Å²) >= 11 is 0. The van der Waals surface area contributed by atoms with Crippen molar-refractivity contribution in [3.63, 3.8) is 0 Å². The summed E-state index contributed by atoms with van der Waals surface area (Å²) in [6.45, 7) is 3.23. The van der Waals surface area contributed by atoms with Gasteiger partial charge in [0.1, 0.15) is 0 Å². The second kappa shape index (κ2) is 8.65. The predicted molar refractivity (Wildman–Crippen MR) is 114 cm³/mol. The van der Waals surface area contributed by atoms with Crippen molar-refractivity contribution in [1.29, 1.82) is 0 Å². The van der Waals surface area contributed by atoms with E-state index in [2.05, 4.69) is 5.32 Å². The Hall–Kier alpha value is -3.22. The molecular formula is C23H27NO6. The number of hydrogen-bond donors (Lipinski definition) is 1. The second-order valence-electron chi connectivity index (χ2n) is 7.21. The van der Waals surface area contributed by atoms with Gasteiger partial charge in [0.25, 0.3) is 0 Å². The number of nitrogens with one attached hydrogen (secondary N) is 1. The van der Waals surface area contributed by atoms with Gasteiger partial charge in [0.05, 0.1) is 34.5 Å². The molecule has 0 fully saturated rings. The van der Waals surface area contributed by atoms with Crippen molar-refractivity contribution < 1.29 is 23.7 Å². The van der Waals surface area contributed by atoms with Crippen LogP contribution in [0.1, 0.15) is 36.1 Å². The molecule has 0 radical (unpaired) electrons. The maximum absolute atomic E-state index is 12.8. The number of amides is 1. The lowest BCUT2D eigenvalue weighted by Gasteiger charge is -2.20. The third kappa shape index (κ3) is 3.67. The average molecular weight is 413 g/mol. The van der Waals surface area contributed by atoms with Crippen LogP contribution in [0.3, 0.4) is 0 Å². The molecule has 0 saturated carbocycles. The Balaban J connectivity index is 2.48. The van der Waals surface area contributed by atoms with Gasteiger partial charge in [-0.3, -0.25) is 9.59 Å². The molecule has 0 bridgehead atoms. The lowest BCUT2D eigenvalue weighted by molar-refractivity contribution is -0.119. The molecule has 160 valence electrons.